The molecule has 0 bridgehead atoms. The molecular weight excluding hydrogens is 450 g/mol. The van der Waals surface area contributed by atoms with E-state index >= 15 is 0 Å². The van der Waals surface area contributed by atoms with Gasteiger partial charge in [0.1, 0.15) is 11.2 Å². The summed E-state index contributed by atoms with van der Waals surface area (Å²) in [4.78, 5) is 2.35. The summed E-state index contributed by atoms with van der Waals surface area (Å²) in [7, 11) is 0. The van der Waals surface area contributed by atoms with Gasteiger partial charge in [0.15, 0.2) is 0 Å². The average molecular weight is 476 g/mol. The second-order valence-corrected chi connectivity index (χ2v) is 9.53. The minimum Gasteiger partial charge on any atom is -0.456 e. The Morgan fingerprint density at radius 1 is 0.486 bits per heavy atom. The first-order chi connectivity index (χ1) is 18.2. The number of para-hydroxylation sites is 1. The van der Waals surface area contributed by atoms with Crippen molar-refractivity contribution in [1.29, 1.82) is 0 Å². The maximum Gasteiger partial charge on any atom is 0.135 e. The highest BCUT2D eigenvalue weighted by molar-refractivity contribution is 6.07. The summed E-state index contributed by atoms with van der Waals surface area (Å²) in [6, 6.07) is 47.4. The van der Waals surface area contributed by atoms with Crippen LogP contribution >= 0.6 is 0 Å². The van der Waals surface area contributed by atoms with E-state index in [1.165, 1.54) is 27.5 Å². The van der Waals surface area contributed by atoms with Crippen LogP contribution in [0.2, 0.25) is 0 Å². The highest BCUT2D eigenvalue weighted by Crippen LogP contribution is 2.41. The van der Waals surface area contributed by atoms with Crippen LogP contribution in [-0.2, 0) is 0 Å². The van der Waals surface area contributed by atoms with Gasteiger partial charge < -0.3 is 9.32 Å². The molecular formula is C35H25NO. The normalized spacial score (nSPS) is 11.4. The first kappa shape index (κ1) is 21.5. The van der Waals surface area contributed by atoms with Crippen molar-refractivity contribution >= 4 is 49.8 Å². The molecule has 0 unspecified atom stereocenters. The molecule has 1 aromatic heterocycles. The third kappa shape index (κ3) is 3.75. The quantitative estimate of drug-likeness (QED) is 0.252. The molecule has 0 fully saturated rings. The Labute approximate surface area is 216 Å². The molecule has 0 aliphatic carbocycles. The predicted molar refractivity (Wildman–Crippen MR) is 156 cm³/mol. The summed E-state index contributed by atoms with van der Waals surface area (Å²) in [5.74, 6) is 0. The smallest absolute Gasteiger partial charge is 0.135 e. The molecule has 0 atom stereocenters. The lowest BCUT2D eigenvalue weighted by atomic mass is 10.0. The molecule has 176 valence electrons. The molecule has 2 nitrogen and oxygen atoms in total. The number of fused-ring (bicyclic) bond motifs is 4. The molecule has 6 aromatic carbocycles. The molecule has 0 saturated heterocycles. The minimum atomic E-state index is 0.900. The topological polar surface area (TPSA) is 16.4 Å². The molecule has 7 rings (SSSR count). The SMILES string of the molecule is Cc1ccc(-c2ccc(N(c3ccc4oc5ccccc5c4c3)c3cccc4ccccc34)cc2)cc1. The van der Waals surface area contributed by atoms with Crippen LogP contribution in [-0.4, -0.2) is 0 Å². The molecule has 0 spiro atoms. The Morgan fingerprint density at radius 3 is 1.92 bits per heavy atom. The van der Waals surface area contributed by atoms with Gasteiger partial charge in [0.25, 0.3) is 0 Å². The monoisotopic (exact) mass is 475 g/mol. The molecule has 1 heterocycles. The Bertz CT molecular complexity index is 1870. The van der Waals surface area contributed by atoms with Gasteiger partial charge >= 0.3 is 0 Å². The lowest BCUT2D eigenvalue weighted by Gasteiger charge is -2.27. The van der Waals surface area contributed by atoms with E-state index in [-0.39, 0.29) is 0 Å². The minimum absolute atomic E-state index is 0.900. The molecule has 0 radical (unpaired) electrons. The standard InChI is InChI=1S/C35H25NO/c1-24-13-15-25(16-14-24)26-17-19-28(20-18-26)36(33-11-6-8-27-7-2-3-9-30(27)33)29-21-22-35-32(23-29)31-10-4-5-12-34(31)37-35/h2-23H,1H3. The Kier molecular flexibility index (Phi) is 5.04. The van der Waals surface area contributed by atoms with Crippen molar-refractivity contribution < 1.29 is 4.42 Å². The number of aryl methyl sites for hydroxylation is 1. The predicted octanol–water partition coefficient (Wildman–Crippen LogP) is 10.2. The van der Waals surface area contributed by atoms with Gasteiger partial charge in [-0.05, 0) is 65.9 Å². The summed E-state index contributed by atoms with van der Waals surface area (Å²) in [6.07, 6.45) is 0. The Morgan fingerprint density at radius 2 is 1.11 bits per heavy atom. The Balaban J connectivity index is 1.43. The molecule has 0 saturated carbocycles. The zero-order valence-corrected chi connectivity index (χ0v) is 20.6. The Hall–Kier alpha value is -4.82. The van der Waals surface area contributed by atoms with Crippen LogP contribution in [0.5, 0.6) is 0 Å². The third-order valence-corrected chi connectivity index (χ3v) is 7.14. The molecule has 0 amide bonds. The van der Waals surface area contributed by atoms with E-state index in [2.05, 4.69) is 133 Å². The van der Waals surface area contributed by atoms with Gasteiger partial charge in [-0.2, -0.15) is 0 Å². The van der Waals surface area contributed by atoms with Gasteiger partial charge in [0, 0.05) is 27.5 Å². The van der Waals surface area contributed by atoms with Crippen LogP contribution < -0.4 is 4.90 Å². The molecule has 0 aliphatic heterocycles. The largest absolute Gasteiger partial charge is 0.456 e. The fourth-order valence-corrected chi connectivity index (χ4v) is 5.23. The second-order valence-electron chi connectivity index (χ2n) is 9.53. The lowest BCUT2D eigenvalue weighted by Crippen LogP contribution is -2.10. The van der Waals surface area contributed by atoms with Crippen molar-refractivity contribution in [3.05, 3.63) is 139 Å². The first-order valence-corrected chi connectivity index (χ1v) is 12.6. The van der Waals surface area contributed by atoms with E-state index in [1.807, 2.05) is 12.1 Å². The van der Waals surface area contributed by atoms with Crippen molar-refractivity contribution in [2.75, 3.05) is 4.90 Å². The first-order valence-electron chi connectivity index (χ1n) is 12.6. The summed E-state index contributed by atoms with van der Waals surface area (Å²) < 4.78 is 6.12. The van der Waals surface area contributed by atoms with E-state index in [0.717, 1.165) is 39.0 Å². The third-order valence-electron chi connectivity index (χ3n) is 7.14. The van der Waals surface area contributed by atoms with Crippen molar-refractivity contribution in [3.63, 3.8) is 0 Å². The number of hydrogen-bond donors (Lipinski definition) is 0. The zero-order valence-electron chi connectivity index (χ0n) is 20.6. The number of furan rings is 1. The number of hydrogen-bond acceptors (Lipinski definition) is 2. The van der Waals surface area contributed by atoms with E-state index in [4.69, 9.17) is 4.42 Å². The fraction of sp³-hybridized carbons (Fsp3) is 0.0286. The average Bonchev–Trinajstić information content (AvgIpc) is 3.32. The van der Waals surface area contributed by atoms with Crippen LogP contribution in [0.4, 0.5) is 17.1 Å². The maximum atomic E-state index is 6.12. The van der Waals surface area contributed by atoms with Gasteiger partial charge in [-0.3, -0.25) is 0 Å². The summed E-state index contributed by atoms with van der Waals surface area (Å²) >= 11 is 0. The van der Waals surface area contributed by atoms with Gasteiger partial charge in [-0.15, -0.1) is 0 Å². The summed E-state index contributed by atoms with van der Waals surface area (Å²) in [5, 5.41) is 4.68. The number of benzene rings is 6. The number of rotatable bonds is 4. The molecule has 7 aromatic rings. The van der Waals surface area contributed by atoms with Crippen LogP contribution in [0.3, 0.4) is 0 Å². The fourth-order valence-electron chi connectivity index (χ4n) is 5.23. The molecule has 0 aliphatic rings. The molecule has 2 heteroatoms. The maximum absolute atomic E-state index is 6.12. The highest BCUT2D eigenvalue weighted by Gasteiger charge is 2.17. The number of nitrogens with zero attached hydrogens (tertiary/aromatic N) is 1. The van der Waals surface area contributed by atoms with Crippen molar-refractivity contribution in [3.8, 4) is 11.1 Å². The van der Waals surface area contributed by atoms with Gasteiger partial charge in [0.2, 0.25) is 0 Å². The van der Waals surface area contributed by atoms with Crippen molar-refractivity contribution in [1.82, 2.24) is 0 Å². The van der Waals surface area contributed by atoms with Crippen molar-refractivity contribution in [2.24, 2.45) is 0 Å². The van der Waals surface area contributed by atoms with Crippen LogP contribution in [0.1, 0.15) is 5.56 Å². The zero-order chi connectivity index (χ0) is 24.8. The van der Waals surface area contributed by atoms with Crippen LogP contribution in [0, 0.1) is 6.92 Å². The van der Waals surface area contributed by atoms with Crippen LogP contribution in [0.15, 0.2) is 138 Å². The highest BCUT2D eigenvalue weighted by atomic mass is 16.3. The van der Waals surface area contributed by atoms with Crippen LogP contribution in [0.25, 0.3) is 43.8 Å². The van der Waals surface area contributed by atoms with E-state index < -0.39 is 0 Å². The second kappa shape index (κ2) is 8.69. The van der Waals surface area contributed by atoms with E-state index in [9.17, 15) is 0 Å². The van der Waals surface area contributed by atoms with Gasteiger partial charge in [0.05, 0.1) is 5.69 Å². The summed E-state index contributed by atoms with van der Waals surface area (Å²) in [5.41, 5.74) is 8.86. The number of anilines is 3. The lowest BCUT2D eigenvalue weighted by molar-refractivity contribution is 0.669. The summed E-state index contributed by atoms with van der Waals surface area (Å²) in [6.45, 7) is 2.12. The molecule has 37 heavy (non-hydrogen) atoms. The van der Waals surface area contributed by atoms with Gasteiger partial charge in [-0.1, -0.05) is 96.6 Å². The van der Waals surface area contributed by atoms with E-state index in [1.54, 1.807) is 0 Å². The van der Waals surface area contributed by atoms with Gasteiger partial charge in [-0.25, -0.2) is 0 Å². The van der Waals surface area contributed by atoms with E-state index in [0.29, 0.717) is 0 Å². The van der Waals surface area contributed by atoms with Crippen molar-refractivity contribution in [2.45, 2.75) is 6.92 Å². The molecule has 0 N–H and O–H groups in total.